The summed E-state index contributed by atoms with van der Waals surface area (Å²) in [5.41, 5.74) is 4.28. The van der Waals surface area contributed by atoms with Crippen molar-refractivity contribution in [2.45, 2.75) is 6.18 Å². The summed E-state index contributed by atoms with van der Waals surface area (Å²) in [6, 6.07) is 0. The minimum absolute atomic E-state index is 1.55. The standard InChI is InChI=1S/C4H4F3NO3/c5-4(6,7)1-11-3(10)2(8)9/h1H2,(H2,8,9). The van der Waals surface area contributed by atoms with Crippen LogP contribution in [0.3, 0.4) is 0 Å². The molecule has 0 rings (SSSR count). The zero-order valence-electron chi connectivity index (χ0n) is 5.14. The number of carbonyl (C=O) groups is 2. The normalized spacial score (nSPS) is 10.8. The van der Waals surface area contributed by atoms with Gasteiger partial charge in [0.1, 0.15) is 0 Å². The van der Waals surface area contributed by atoms with Crippen LogP contribution in [-0.4, -0.2) is 24.7 Å². The number of hydrogen-bond acceptors (Lipinski definition) is 3. The summed E-state index contributed by atoms with van der Waals surface area (Å²) in [5, 5.41) is 0. The number of halogens is 3. The van der Waals surface area contributed by atoms with Crippen molar-refractivity contribution in [2.24, 2.45) is 5.73 Å². The maximum Gasteiger partial charge on any atom is 0.422 e. The summed E-state index contributed by atoms with van der Waals surface area (Å²) in [4.78, 5) is 19.8. The second-order valence-corrected chi connectivity index (χ2v) is 1.56. The fraction of sp³-hybridized carbons (Fsp3) is 0.500. The van der Waals surface area contributed by atoms with Crippen LogP contribution >= 0.6 is 0 Å². The highest BCUT2D eigenvalue weighted by atomic mass is 19.4. The van der Waals surface area contributed by atoms with Gasteiger partial charge in [0.15, 0.2) is 6.61 Å². The summed E-state index contributed by atoms with van der Waals surface area (Å²) >= 11 is 0. The van der Waals surface area contributed by atoms with E-state index in [1.165, 1.54) is 0 Å². The molecule has 0 bridgehead atoms. The topological polar surface area (TPSA) is 69.4 Å². The molecular weight excluding hydrogens is 167 g/mol. The Kier molecular flexibility index (Phi) is 2.85. The van der Waals surface area contributed by atoms with E-state index in [4.69, 9.17) is 0 Å². The smallest absolute Gasteiger partial charge is 0.422 e. The number of rotatable bonds is 1. The molecule has 0 heterocycles. The first-order chi connectivity index (χ1) is 4.83. The number of nitrogens with two attached hydrogens (primary N) is 1. The number of esters is 1. The first kappa shape index (κ1) is 9.73. The van der Waals surface area contributed by atoms with Crippen molar-refractivity contribution in [2.75, 3.05) is 6.61 Å². The van der Waals surface area contributed by atoms with E-state index in [9.17, 15) is 22.8 Å². The molecule has 64 valence electrons. The lowest BCUT2D eigenvalue weighted by Crippen LogP contribution is -2.29. The van der Waals surface area contributed by atoms with Crippen molar-refractivity contribution in [3.8, 4) is 0 Å². The third-order valence-corrected chi connectivity index (χ3v) is 0.568. The number of alkyl halides is 3. The summed E-state index contributed by atoms with van der Waals surface area (Å²) < 4.78 is 37.2. The maximum atomic E-state index is 11.3. The van der Waals surface area contributed by atoms with E-state index in [0.717, 1.165) is 0 Å². The molecule has 0 aliphatic heterocycles. The maximum absolute atomic E-state index is 11.3. The molecule has 2 N–H and O–H groups in total. The largest absolute Gasteiger partial charge is 0.449 e. The molecule has 0 unspecified atom stereocenters. The van der Waals surface area contributed by atoms with Crippen LogP contribution in [0.4, 0.5) is 13.2 Å². The van der Waals surface area contributed by atoms with Gasteiger partial charge < -0.3 is 10.5 Å². The van der Waals surface area contributed by atoms with Gasteiger partial charge in [-0.25, -0.2) is 4.79 Å². The van der Waals surface area contributed by atoms with Crippen LogP contribution in [0.5, 0.6) is 0 Å². The summed E-state index contributed by atoms with van der Waals surface area (Å²) in [6.45, 7) is -1.80. The number of primary amides is 1. The highest BCUT2D eigenvalue weighted by Crippen LogP contribution is 2.14. The average Bonchev–Trinajstić information content (AvgIpc) is 1.80. The Morgan fingerprint density at radius 1 is 1.36 bits per heavy atom. The van der Waals surface area contributed by atoms with Gasteiger partial charge in [-0.05, 0) is 0 Å². The fourth-order valence-corrected chi connectivity index (χ4v) is 0.219. The van der Waals surface area contributed by atoms with Gasteiger partial charge in [-0.1, -0.05) is 0 Å². The predicted molar refractivity (Wildman–Crippen MR) is 26.2 cm³/mol. The van der Waals surface area contributed by atoms with Crippen LogP contribution in [0.25, 0.3) is 0 Å². The van der Waals surface area contributed by atoms with E-state index in [1.54, 1.807) is 0 Å². The molecule has 0 saturated heterocycles. The van der Waals surface area contributed by atoms with Gasteiger partial charge in [0.05, 0.1) is 0 Å². The van der Waals surface area contributed by atoms with Crippen LogP contribution in [0.1, 0.15) is 0 Å². The molecule has 0 aromatic carbocycles. The van der Waals surface area contributed by atoms with E-state index >= 15 is 0 Å². The van der Waals surface area contributed by atoms with E-state index in [0.29, 0.717) is 0 Å². The van der Waals surface area contributed by atoms with E-state index in [-0.39, 0.29) is 0 Å². The molecule has 11 heavy (non-hydrogen) atoms. The molecule has 0 aliphatic carbocycles. The van der Waals surface area contributed by atoms with Gasteiger partial charge in [0.2, 0.25) is 0 Å². The summed E-state index contributed by atoms with van der Waals surface area (Å²) in [5.74, 6) is -3.24. The molecule has 0 atom stereocenters. The summed E-state index contributed by atoms with van der Waals surface area (Å²) in [7, 11) is 0. The second-order valence-electron chi connectivity index (χ2n) is 1.56. The lowest BCUT2D eigenvalue weighted by molar-refractivity contribution is -0.187. The molecule has 0 aliphatic rings. The number of ether oxygens (including phenoxy) is 1. The Morgan fingerprint density at radius 2 is 1.82 bits per heavy atom. The molecule has 0 radical (unpaired) electrons. The van der Waals surface area contributed by atoms with Gasteiger partial charge in [-0.2, -0.15) is 13.2 Å². The van der Waals surface area contributed by atoms with Gasteiger partial charge in [-0.3, -0.25) is 4.79 Å². The molecular formula is C4H4F3NO3. The van der Waals surface area contributed by atoms with Crippen molar-refractivity contribution < 1.29 is 27.5 Å². The zero-order valence-corrected chi connectivity index (χ0v) is 5.14. The molecule has 0 spiro atoms. The van der Waals surface area contributed by atoms with Crippen LogP contribution in [0.15, 0.2) is 0 Å². The van der Waals surface area contributed by atoms with E-state index in [1.807, 2.05) is 0 Å². The van der Waals surface area contributed by atoms with Crippen LogP contribution < -0.4 is 5.73 Å². The number of hydrogen-bond donors (Lipinski definition) is 1. The Hall–Kier alpha value is -1.27. The van der Waals surface area contributed by atoms with Crippen molar-refractivity contribution >= 4 is 11.9 Å². The Balaban J connectivity index is 3.73. The first-order valence-corrected chi connectivity index (χ1v) is 2.36. The Labute approximate surface area is 59.1 Å². The molecule has 0 aromatic rings. The molecule has 0 fully saturated rings. The van der Waals surface area contributed by atoms with Gasteiger partial charge >= 0.3 is 18.1 Å². The molecule has 1 amide bonds. The lowest BCUT2D eigenvalue weighted by Gasteiger charge is -2.04. The van der Waals surface area contributed by atoms with Crippen LogP contribution in [0.2, 0.25) is 0 Å². The molecule has 0 aromatic heterocycles. The minimum atomic E-state index is -4.63. The van der Waals surface area contributed by atoms with Gasteiger partial charge in [0, 0.05) is 0 Å². The lowest BCUT2D eigenvalue weighted by atomic mass is 10.6. The third kappa shape index (κ3) is 5.19. The van der Waals surface area contributed by atoms with Crippen molar-refractivity contribution in [1.29, 1.82) is 0 Å². The molecule has 0 saturated carbocycles. The second kappa shape index (κ2) is 3.22. The van der Waals surface area contributed by atoms with E-state index in [2.05, 4.69) is 10.5 Å². The average molecular weight is 171 g/mol. The fourth-order valence-electron chi connectivity index (χ4n) is 0.219. The highest BCUT2D eigenvalue weighted by molar-refractivity contribution is 6.31. The van der Waals surface area contributed by atoms with Crippen molar-refractivity contribution in [1.82, 2.24) is 0 Å². The van der Waals surface area contributed by atoms with E-state index < -0.39 is 24.7 Å². The Bertz CT molecular complexity index is 176. The van der Waals surface area contributed by atoms with Crippen LogP contribution in [-0.2, 0) is 14.3 Å². The third-order valence-electron chi connectivity index (χ3n) is 0.568. The van der Waals surface area contributed by atoms with Gasteiger partial charge in [0.25, 0.3) is 0 Å². The summed E-state index contributed by atoms with van der Waals surface area (Å²) in [6.07, 6.45) is -4.63. The monoisotopic (exact) mass is 171 g/mol. The number of carbonyl (C=O) groups excluding carboxylic acids is 2. The SMILES string of the molecule is NC(=O)C(=O)OCC(F)(F)F. The van der Waals surface area contributed by atoms with Gasteiger partial charge in [-0.15, -0.1) is 0 Å². The Morgan fingerprint density at radius 3 is 2.09 bits per heavy atom. The first-order valence-electron chi connectivity index (χ1n) is 2.36. The molecule has 4 nitrogen and oxygen atoms in total. The number of amides is 1. The quantitative estimate of drug-likeness (QED) is 0.430. The minimum Gasteiger partial charge on any atom is -0.449 e. The highest BCUT2D eigenvalue weighted by Gasteiger charge is 2.30. The predicted octanol–water partition coefficient (Wildman–Crippen LogP) is -0.423. The molecule has 7 heteroatoms. The van der Waals surface area contributed by atoms with Crippen molar-refractivity contribution in [3.63, 3.8) is 0 Å². The van der Waals surface area contributed by atoms with Crippen LogP contribution in [0, 0.1) is 0 Å². The van der Waals surface area contributed by atoms with Crippen molar-refractivity contribution in [3.05, 3.63) is 0 Å². The zero-order chi connectivity index (χ0) is 9.07.